The van der Waals surface area contributed by atoms with E-state index in [1.807, 2.05) is 24.3 Å². The Morgan fingerprint density at radius 3 is 1.96 bits per heavy atom. The van der Waals surface area contributed by atoms with Crippen LogP contribution in [0.25, 0.3) is 0 Å². The highest BCUT2D eigenvalue weighted by Crippen LogP contribution is 2.12. The van der Waals surface area contributed by atoms with Crippen molar-refractivity contribution in [3.63, 3.8) is 0 Å². The standard InChI is InChI=1S/C16H23NO.C2H2O4/c1-4-11-17(12-5-2)13-14-18-16-9-7-15(6-3)8-10-16;3-1(4)2(5)6/h4-5,7-10H,1-2,6,11-14H2,3H3;(H,3,4)(H,5,6). The van der Waals surface area contributed by atoms with Gasteiger partial charge in [-0.05, 0) is 24.1 Å². The lowest BCUT2D eigenvalue weighted by atomic mass is 10.2. The molecule has 6 heteroatoms. The zero-order valence-electron chi connectivity index (χ0n) is 14.0. The van der Waals surface area contributed by atoms with Crippen LogP contribution in [-0.4, -0.2) is 53.3 Å². The molecule has 1 aromatic rings. The number of hydrogen-bond donors (Lipinski definition) is 2. The quantitative estimate of drug-likeness (QED) is 0.532. The Hall–Kier alpha value is -2.60. The molecule has 0 atom stereocenters. The summed E-state index contributed by atoms with van der Waals surface area (Å²) in [6.45, 7) is 13.0. The second kappa shape index (κ2) is 12.9. The molecular weight excluding hydrogens is 310 g/mol. The number of carboxylic acids is 2. The molecule has 1 aromatic carbocycles. The van der Waals surface area contributed by atoms with Crippen LogP contribution in [0.5, 0.6) is 5.75 Å². The van der Waals surface area contributed by atoms with Gasteiger partial charge in [-0.3, -0.25) is 4.90 Å². The fourth-order valence-corrected chi connectivity index (χ4v) is 1.74. The number of rotatable bonds is 9. The van der Waals surface area contributed by atoms with E-state index in [2.05, 4.69) is 37.1 Å². The van der Waals surface area contributed by atoms with E-state index in [0.29, 0.717) is 6.61 Å². The Labute approximate surface area is 142 Å². The van der Waals surface area contributed by atoms with Crippen LogP contribution in [-0.2, 0) is 16.0 Å². The van der Waals surface area contributed by atoms with Crippen LogP contribution < -0.4 is 4.74 Å². The molecule has 0 amide bonds. The highest BCUT2D eigenvalue weighted by molar-refractivity contribution is 6.27. The Morgan fingerprint density at radius 1 is 1.08 bits per heavy atom. The average molecular weight is 335 g/mol. The molecule has 0 saturated heterocycles. The highest BCUT2D eigenvalue weighted by atomic mass is 16.5. The first-order chi connectivity index (χ1) is 11.4. The Bertz CT molecular complexity index is 503. The van der Waals surface area contributed by atoms with Gasteiger partial charge in [-0.2, -0.15) is 0 Å². The Kier molecular flexibility index (Phi) is 11.5. The molecule has 24 heavy (non-hydrogen) atoms. The van der Waals surface area contributed by atoms with Crippen molar-refractivity contribution in [2.45, 2.75) is 13.3 Å². The summed E-state index contributed by atoms with van der Waals surface area (Å²) in [4.78, 5) is 20.4. The van der Waals surface area contributed by atoms with Crippen molar-refractivity contribution in [2.24, 2.45) is 0 Å². The van der Waals surface area contributed by atoms with Gasteiger partial charge in [0.15, 0.2) is 0 Å². The van der Waals surface area contributed by atoms with Gasteiger partial charge in [-0.1, -0.05) is 31.2 Å². The fraction of sp³-hybridized carbons (Fsp3) is 0.333. The van der Waals surface area contributed by atoms with E-state index in [0.717, 1.165) is 31.8 Å². The van der Waals surface area contributed by atoms with Crippen LogP contribution in [0.4, 0.5) is 0 Å². The van der Waals surface area contributed by atoms with Gasteiger partial charge in [0.05, 0.1) is 0 Å². The topological polar surface area (TPSA) is 87.1 Å². The van der Waals surface area contributed by atoms with Crippen molar-refractivity contribution in [3.05, 3.63) is 55.1 Å². The molecule has 0 aromatic heterocycles. The maximum absolute atomic E-state index is 9.10. The maximum atomic E-state index is 9.10. The number of carboxylic acid groups (broad SMARTS) is 2. The van der Waals surface area contributed by atoms with E-state index < -0.39 is 11.9 Å². The minimum atomic E-state index is -1.82. The van der Waals surface area contributed by atoms with Crippen LogP contribution in [0, 0.1) is 0 Å². The summed E-state index contributed by atoms with van der Waals surface area (Å²) in [5.41, 5.74) is 1.34. The summed E-state index contributed by atoms with van der Waals surface area (Å²) in [5.74, 6) is -2.71. The lowest BCUT2D eigenvalue weighted by Crippen LogP contribution is -2.28. The molecule has 0 spiro atoms. The van der Waals surface area contributed by atoms with Crippen LogP contribution in [0.1, 0.15) is 12.5 Å². The van der Waals surface area contributed by atoms with Gasteiger partial charge in [0.2, 0.25) is 0 Å². The predicted molar refractivity (Wildman–Crippen MR) is 93.4 cm³/mol. The summed E-state index contributed by atoms with van der Waals surface area (Å²) in [7, 11) is 0. The largest absolute Gasteiger partial charge is 0.492 e. The van der Waals surface area contributed by atoms with Gasteiger partial charge in [0, 0.05) is 19.6 Å². The van der Waals surface area contributed by atoms with Crippen molar-refractivity contribution in [2.75, 3.05) is 26.2 Å². The van der Waals surface area contributed by atoms with Gasteiger partial charge in [0.1, 0.15) is 12.4 Å². The van der Waals surface area contributed by atoms with E-state index in [1.54, 1.807) is 0 Å². The van der Waals surface area contributed by atoms with Gasteiger partial charge in [-0.15, -0.1) is 13.2 Å². The van der Waals surface area contributed by atoms with Crippen LogP contribution in [0.3, 0.4) is 0 Å². The molecule has 0 unspecified atom stereocenters. The van der Waals surface area contributed by atoms with Crippen molar-refractivity contribution >= 4 is 11.9 Å². The average Bonchev–Trinajstić information content (AvgIpc) is 2.56. The molecule has 0 aliphatic carbocycles. The van der Waals surface area contributed by atoms with Crippen molar-refractivity contribution in [1.29, 1.82) is 0 Å². The normalized spacial score (nSPS) is 9.58. The molecule has 132 valence electrons. The summed E-state index contributed by atoms with van der Waals surface area (Å²) in [6, 6.07) is 8.29. The minimum Gasteiger partial charge on any atom is -0.492 e. The number of aryl methyl sites for hydroxylation is 1. The maximum Gasteiger partial charge on any atom is 0.414 e. The van der Waals surface area contributed by atoms with Crippen molar-refractivity contribution < 1.29 is 24.5 Å². The molecule has 0 heterocycles. The molecule has 0 radical (unpaired) electrons. The van der Waals surface area contributed by atoms with Crippen molar-refractivity contribution in [3.8, 4) is 5.75 Å². The zero-order valence-corrected chi connectivity index (χ0v) is 14.0. The lowest BCUT2D eigenvalue weighted by molar-refractivity contribution is -0.159. The monoisotopic (exact) mass is 335 g/mol. The zero-order chi connectivity index (χ0) is 18.4. The second-order valence-corrected chi connectivity index (χ2v) is 4.79. The van der Waals surface area contributed by atoms with Gasteiger partial charge < -0.3 is 14.9 Å². The van der Waals surface area contributed by atoms with E-state index in [9.17, 15) is 0 Å². The highest BCUT2D eigenvalue weighted by Gasteiger charge is 2.04. The molecule has 0 fully saturated rings. The molecular formula is C18H25NO5. The fourth-order valence-electron chi connectivity index (χ4n) is 1.74. The van der Waals surface area contributed by atoms with E-state index >= 15 is 0 Å². The lowest BCUT2D eigenvalue weighted by Gasteiger charge is -2.18. The SMILES string of the molecule is C=CCN(CC=C)CCOc1ccc(CC)cc1.O=C(O)C(=O)O. The first-order valence-corrected chi connectivity index (χ1v) is 7.56. The third-order valence-corrected chi connectivity index (χ3v) is 2.97. The number of carbonyl (C=O) groups is 2. The third kappa shape index (κ3) is 10.2. The van der Waals surface area contributed by atoms with Gasteiger partial charge in [-0.25, -0.2) is 9.59 Å². The number of hydrogen-bond acceptors (Lipinski definition) is 4. The molecule has 6 nitrogen and oxygen atoms in total. The summed E-state index contributed by atoms with van der Waals surface area (Å²) in [6.07, 6.45) is 4.87. The summed E-state index contributed by atoms with van der Waals surface area (Å²) < 4.78 is 5.72. The Balaban J connectivity index is 0.000000754. The number of nitrogens with zero attached hydrogens (tertiary/aromatic N) is 1. The predicted octanol–water partition coefficient (Wildman–Crippen LogP) is 2.46. The van der Waals surface area contributed by atoms with E-state index in [-0.39, 0.29) is 0 Å². The summed E-state index contributed by atoms with van der Waals surface area (Å²) >= 11 is 0. The van der Waals surface area contributed by atoms with Crippen LogP contribution in [0.2, 0.25) is 0 Å². The number of ether oxygens (including phenoxy) is 1. The smallest absolute Gasteiger partial charge is 0.414 e. The van der Waals surface area contributed by atoms with E-state index in [4.69, 9.17) is 24.5 Å². The van der Waals surface area contributed by atoms with Gasteiger partial charge in [0.25, 0.3) is 0 Å². The minimum absolute atomic E-state index is 0.688. The first kappa shape index (κ1) is 21.4. The molecule has 0 aliphatic rings. The third-order valence-electron chi connectivity index (χ3n) is 2.97. The Morgan fingerprint density at radius 2 is 1.58 bits per heavy atom. The first-order valence-electron chi connectivity index (χ1n) is 7.56. The molecule has 0 saturated carbocycles. The molecule has 0 aliphatic heterocycles. The molecule has 2 N–H and O–H groups in total. The number of aliphatic carboxylic acids is 2. The van der Waals surface area contributed by atoms with E-state index in [1.165, 1.54) is 5.56 Å². The summed E-state index contributed by atoms with van der Waals surface area (Å²) in [5, 5.41) is 14.8. The van der Waals surface area contributed by atoms with Gasteiger partial charge >= 0.3 is 11.9 Å². The van der Waals surface area contributed by atoms with Crippen LogP contribution in [0.15, 0.2) is 49.6 Å². The van der Waals surface area contributed by atoms with Crippen LogP contribution >= 0.6 is 0 Å². The molecule has 0 bridgehead atoms. The molecule has 1 rings (SSSR count). The van der Waals surface area contributed by atoms with Crippen molar-refractivity contribution in [1.82, 2.24) is 4.90 Å². The number of benzene rings is 1. The second-order valence-electron chi connectivity index (χ2n) is 4.79.